The average molecular weight is 262 g/mol. The van der Waals surface area contributed by atoms with E-state index in [-0.39, 0.29) is 0 Å². The lowest BCUT2D eigenvalue weighted by atomic mass is 10.1. The monoisotopic (exact) mass is 262 g/mol. The van der Waals surface area contributed by atoms with E-state index in [1.54, 1.807) is 7.11 Å². The normalized spacial score (nSPS) is 19.1. The van der Waals surface area contributed by atoms with Crippen LogP contribution >= 0.6 is 0 Å². The zero-order chi connectivity index (χ0) is 13.5. The van der Waals surface area contributed by atoms with Crippen molar-refractivity contribution in [2.45, 2.75) is 26.3 Å². The average Bonchev–Trinajstić information content (AvgIpc) is 2.89. The first kappa shape index (κ1) is 14.4. The van der Waals surface area contributed by atoms with Crippen molar-refractivity contribution in [3.05, 3.63) is 29.8 Å². The van der Waals surface area contributed by atoms with E-state index >= 15 is 0 Å². The third-order valence-electron chi connectivity index (χ3n) is 3.75. The molecule has 19 heavy (non-hydrogen) atoms. The van der Waals surface area contributed by atoms with Gasteiger partial charge in [-0.3, -0.25) is 0 Å². The molecule has 1 aromatic rings. The Hall–Kier alpha value is -1.06. The van der Waals surface area contributed by atoms with Crippen LogP contribution in [0, 0.1) is 5.92 Å². The zero-order valence-corrected chi connectivity index (χ0v) is 12.2. The fourth-order valence-corrected chi connectivity index (χ4v) is 2.67. The van der Waals surface area contributed by atoms with Crippen LogP contribution in [0.1, 0.15) is 25.3 Å². The quantitative estimate of drug-likeness (QED) is 0.765. The number of nitrogens with zero attached hydrogens (tertiary/aromatic N) is 1. The molecule has 1 aliphatic rings. The second-order valence-electron chi connectivity index (χ2n) is 5.40. The van der Waals surface area contributed by atoms with Gasteiger partial charge in [0.2, 0.25) is 0 Å². The van der Waals surface area contributed by atoms with Gasteiger partial charge >= 0.3 is 0 Å². The molecule has 106 valence electrons. The molecule has 1 unspecified atom stereocenters. The number of anilines is 1. The third kappa shape index (κ3) is 4.22. The lowest BCUT2D eigenvalue weighted by Crippen LogP contribution is -2.21. The minimum atomic E-state index is 0.691. The summed E-state index contributed by atoms with van der Waals surface area (Å²) in [4.78, 5) is 2.47. The summed E-state index contributed by atoms with van der Waals surface area (Å²) in [5.41, 5.74) is 2.71. The maximum absolute atomic E-state index is 5.25. The summed E-state index contributed by atoms with van der Waals surface area (Å²) in [6.45, 7) is 7.42. The summed E-state index contributed by atoms with van der Waals surface area (Å²) < 4.78 is 5.25. The molecule has 1 fully saturated rings. The molecule has 3 nitrogen and oxygen atoms in total. The number of nitrogens with one attached hydrogen (secondary N) is 1. The molecule has 1 aliphatic heterocycles. The van der Waals surface area contributed by atoms with E-state index in [0.29, 0.717) is 5.92 Å². The molecule has 0 radical (unpaired) electrons. The SMILES string of the molecule is CCCNCc1ccc(N2CCC(COC)C2)cc1. The molecule has 0 bridgehead atoms. The summed E-state index contributed by atoms with van der Waals surface area (Å²) in [5, 5.41) is 3.43. The largest absolute Gasteiger partial charge is 0.384 e. The zero-order valence-electron chi connectivity index (χ0n) is 12.2. The van der Waals surface area contributed by atoms with E-state index < -0.39 is 0 Å². The predicted molar refractivity (Wildman–Crippen MR) is 80.6 cm³/mol. The van der Waals surface area contributed by atoms with E-state index in [4.69, 9.17) is 4.74 Å². The first-order valence-electron chi connectivity index (χ1n) is 7.37. The Morgan fingerprint density at radius 2 is 2.11 bits per heavy atom. The molecule has 1 saturated heterocycles. The summed E-state index contributed by atoms with van der Waals surface area (Å²) in [5.74, 6) is 0.691. The smallest absolute Gasteiger partial charge is 0.0508 e. The maximum atomic E-state index is 5.25. The molecule has 0 aliphatic carbocycles. The van der Waals surface area contributed by atoms with E-state index in [0.717, 1.165) is 32.8 Å². The van der Waals surface area contributed by atoms with Crippen LogP contribution in [0.25, 0.3) is 0 Å². The van der Waals surface area contributed by atoms with Crippen LogP contribution < -0.4 is 10.2 Å². The minimum Gasteiger partial charge on any atom is -0.384 e. The second kappa shape index (κ2) is 7.51. The van der Waals surface area contributed by atoms with E-state index in [2.05, 4.69) is 41.4 Å². The molecule has 1 aromatic carbocycles. The first-order chi connectivity index (χ1) is 9.33. The Balaban J connectivity index is 1.85. The van der Waals surface area contributed by atoms with Crippen molar-refractivity contribution in [1.82, 2.24) is 5.32 Å². The van der Waals surface area contributed by atoms with Gasteiger partial charge in [0.1, 0.15) is 0 Å². The lowest BCUT2D eigenvalue weighted by Gasteiger charge is -2.19. The molecule has 2 rings (SSSR count). The van der Waals surface area contributed by atoms with Gasteiger partial charge in [-0.15, -0.1) is 0 Å². The van der Waals surface area contributed by atoms with Gasteiger partial charge in [0, 0.05) is 38.3 Å². The van der Waals surface area contributed by atoms with Crippen LogP contribution in [0.5, 0.6) is 0 Å². The molecule has 0 spiro atoms. The highest BCUT2D eigenvalue weighted by molar-refractivity contribution is 5.48. The van der Waals surface area contributed by atoms with Crippen LogP contribution in [0.15, 0.2) is 24.3 Å². The van der Waals surface area contributed by atoms with E-state index in [1.807, 2.05) is 0 Å². The highest BCUT2D eigenvalue weighted by Gasteiger charge is 2.22. The Morgan fingerprint density at radius 1 is 1.32 bits per heavy atom. The van der Waals surface area contributed by atoms with Gasteiger partial charge in [0.05, 0.1) is 6.61 Å². The second-order valence-corrected chi connectivity index (χ2v) is 5.40. The summed E-state index contributed by atoms with van der Waals surface area (Å²) in [6, 6.07) is 8.97. The molecule has 1 heterocycles. The number of rotatable bonds is 7. The van der Waals surface area contributed by atoms with Gasteiger partial charge < -0.3 is 15.0 Å². The Morgan fingerprint density at radius 3 is 2.79 bits per heavy atom. The molecule has 0 saturated carbocycles. The molecule has 1 N–H and O–H groups in total. The Bertz CT molecular complexity index is 364. The maximum Gasteiger partial charge on any atom is 0.0508 e. The number of hydrogen-bond donors (Lipinski definition) is 1. The molecule has 0 aromatic heterocycles. The predicted octanol–water partition coefficient (Wildman–Crippen LogP) is 2.66. The van der Waals surface area contributed by atoms with Gasteiger partial charge in [0.25, 0.3) is 0 Å². The van der Waals surface area contributed by atoms with Crippen LogP contribution in [-0.2, 0) is 11.3 Å². The summed E-state index contributed by atoms with van der Waals surface area (Å²) in [7, 11) is 1.79. The highest BCUT2D eigenvalue weighted by Crippen LogP contribution is 2.24. The standard InChI is InChI=1S/C16H26N2O/c1-3-9-17-11-14-4-6-16(7-5-14)18-10-8-15(12-18)13-19-2/h4-7,15,17H,3,8-13H2,1-2H3. The Kier molecular flexibility index (Phi) is 5.67. The van der Waals surface area contributed by atoms with Crippen LogP contribution in [0.2, 0.25) is 0 Å². The number of hydrogen-bond acceptors (Lipinski definition) is 3. The minimum absolute atomic E-state index is 0.691. The van der Waals surface area contributed by atoms with Crippen LogP contribution in [0.3, 0.4) is 0 Å². The van der Waals surface area contributed by atoms with Gasteiger partial charge in [0.15, 0.2) is 0 Å². The van der Waals surface area contributed by atoms with Gasteiger partial charge in [-0.25, -0.2) is 0 Å². The van der Waals surface area contributed by atoms with Gasteiger partial charge in [-0.05, 0) is 37.1 Å². The highest BCUT2D eigenvalue weighted by atomic mass is 16.5. The fourth-order valence-electron chi connectivity index (χ4n) is 2.67. The lowest BCUT2D eigenvalue weighted by molar-refractivity contribution is 0.161. The molecular weight excluding hydrogens is 236 g/mol. The van der Waals surface area contributed by atoms with Gasteiger partial charge in [-0.1, -0.05) is 19.1 Å². The molecule has 1 atom stereocenters. The number of methoxy groups -OCH3 is 1. The summed E-state index contributed by atoms with van der Waals surface area (Å²) in [6.07, 6.45) is 2.43. The van der Waals surface area contributed by atoms with Crippen molar-refractivity contribution in [3.63, 3.8) is 0 Å². The van der Waals surface area contributed by atoms with Crippen molar-refractivity contribution in [1.29, 1.82) is 0 Å². The van der Waals surface area contributed by atoms with Crippen molar-refractivity contribution in [2.75, 3.05) is 38.3 Å². The fraction of sp³-hybridized carbons (Fsp3) is 0.625. The van der Waals surface area contributed by atoms with E-state index in [9.17, 15) is 0 Å². The van der Waals surface area contributed by atoms with Gasteiger partial charge in [-0.2, -0.15) is 0 Å². The first-order valence-corrected chi connectivity index (χ1v) is 7.37. The van der Waals surface area contributed by atoms with Crippen molar-refractivity contribution < 1.29 is 4.74 Å². The van der Waals surface area contributed by atoms with Crippen LogP contribution in [0.4, 0.5) is 5.69 Å². The topological polar surface area (TPSA) is 24.5 Å². The third-order valence-corrected chi connectivity index (χ3v) is 3.75. The number of ether oxygens (including phenoxy) is 1. The van der Waals surface area contributed by atoms with Crippen molar-refractivity contribution >= 4 is 5.69 Å². The number of benzene rings is 1. The Labute approximate surface area is 116 Å². The van der Waals surface area contributed by atoms with Crippen LogP contribution in [-0.4, -0.2) is 33.4 Å². The molecular formula is C16H26N2O. The van der Waals surface area contributed by atoms with Crippen molar-refractivity contribution in [3.8, 4) is 0 Å². The summed E-state index contributed by atoms with van der Waals surface area (Å²) >= 11 is 0. The molecule has 3 heteroatoms. The van der Waals surface area contributed by atoms with E-state index in [1.165, 1.54) is 24.1 Å². The molecule has 0 amide bonds. The van der Waals surface area contributed by atoms with Crippen molar-refractivity contribution in [2.24, 2.45) is 5.92 Å².